The first-order chi connectivity index (χ1) is 11.1. The van der Waals surface area contributed by atoms with E-state index in [9.17, 15) is 9.18 Å². The smallest absolute Gasteiger partial charge is 0.250 e. The van der Waals surface area contributed by atoms with Crippen LogP contribution in [0.5, 0.6) is 0 Å². The number of para-hydroxylation sites is 2. The summed E-state index contributed by atoms with van der Waals surface area (Å²) in [6, 6.07) is 13.3. The van der Waals surface area contributed by atoms with Gasteiger partial charge in [-0.1, -0.05) is 24.3 Å². The molecule has 1 heterocycles. The molecule has 0 fully saturated rings. The number of amides is 1. The summed E-state index contributed by atoms with van der Waals surface area (Å²) in [6.07, 6.45) is 4.50. The van der Waals surface area contributed by atoms with Gasteiger partial charge in [-0.2, -0.15) is 0 Å². The van der Waals surface area contributed by atoms with Gasteiger partial charge in [0.2, 0.25) is 5.91 Å². The van der Waals surface area contributed by atoms with Gasteiger partial charge in [0.15, 0.2) is 5.11 Å². The fraction of sp³-hybridized carbons (Fsp3) is 0. The number of nitrogens with one attached hydrogen (secondary N) is 1. The van der Waals surface area contributed by atoms with E-state index in [-0.39, 0.29) is 16.8 Å². The number of nitrogens with zero attached hydrogens (tertiary/aromatic N) is 2. The number of carbonyl (C=O) groups excluding carboxylic acids is 1. The van der Waals surface area contributed by atoms with E-state index < -0.39 is 0 Å². The summed E-state index contributed by atoms with van der Waals surface area (Å²) in [5.74, 6) is -0.683. The molecule has 0 bridgehead atoms. The van der Waals surface area contributed by atoms with Crippen molar-refractivity contribution < 1.29 is 9.18 Å². The zero-order valence-corrected chi connectivity index (χ0v) is 12.8. The van der Waals surface area contributed by atoms with Crippen LogP contribution in [-0.4, -0.2) is 20.6 Å². The monoisotopic (exact) mass is 325 g/mol. The van der Waals surface area contributed by atoms with Gasteiger partial charge >= 0.3 is 0 Å². The van der Waals surface area contributed by atoms with Crippen LogP contribution in [0, 0.1) is 5.82 Å². The van der Waals surface area contributed by atoms with Crippen molar-refractivity contribution in [2.45, 2.75) is 0 Å². The Morgan fingerprint density at radius 3 is 2.70 bits per heavy atom. The Hall–Kier alpha value is -2.86. The zero-order valence-electron chi connectivity index (χ0n) is 11.9. The highest BCUT2D eigenvalue weighted by atomic mass is 32.1. The Balaban J connectivity index is 1.70. The number of imidazole rings is 1. The second-order valence-electron chi connectivity index (χ2n) is 4.78. The normalized spacial score (nSPS) is 11.0. The molecule has 114 valence electrons. The molecule has 0 saturated carbocycles. The molecule has 3 rings (SSSR count). The van der Waals surface area contributed by atoms with Crippen LogP contribution in [0.3, 0.4) is 0 Å². The topological polar surface area (TPSA) is 46.9 Å². The number of aromatic nitrogens is 2. The molecule has 1 N–H and O–H groups in total. The van der Waals surface area contributed by atoms with Crippen LogP contribution in [0.4, 0.5) is 4.39 Å². The predicted molar refractivity (Wildman–Crippen MR) is 91.3 cm³/mol. The first-order valence-electron chi connectivity index (χ1n) is 6.84. The molecule has 0 aliphatic heterocycles. The summed E-state index contributed by atoms with van der Waals surface area (Å²) in [5, 5.41) is 2.85. The Morgan fingerprint density at radius 1 is 1.17 bits per heavy atom. The molecule has 0 aliphatic rings. The van der Waals surface area contributed by atoms with Crippen molar-refractivity contribution in [1.29, 1.82) is 0 Å². The fourth-order valence-electron chi connectivity index (χ4n) is 2.07. The van der Waals surface area contributed by atoms with Crippen molar-refractivity contribution in [3.05, 3.63) is 72.3 Å². The number of carbonyl (C=O) groups is 1. The minimum atomic E-state index is -0.364. The molecular formula is C17H12FN3OS. The predicted octanol–water partition coefficient (Wildman–Crippen LogP) is 3.14. The van der Waals surface area contributed by atoms with Gasteiger partial charge in [-0.15, -0.1) is 0 Å². The molecule has 0 radical (unpaired) electrons. The lowest BCUT2D eigenvalue weighted by Gasteiger charge is -2.06. The average Bonchev–Trinajstić information content (AvgIpc) is 2.98. The molecule has 3 aromatic rings. The highest BCUT2D eigenvalue weighted by Gasteiger charge is 2.07. The van der Waals surface area contributed by atoms with Crippen molar-refractivity contribution in [1.82, 2.24) is 14.9 Å². The Bertz CT molecular complexity index is 900. The number of rotatable bonds is 2. The van der Waals surface area contributed by atoms with Gasteiger partial charge in [0.05, 0.1) is 11.0 Å². The van der Waals surface area contributed by atoms with Gasteiger partial charge in [0.25, 0.3) is 0 Å². The lowest BCUT2D eigenvalue weighted by atomic mass is 10.2. The molecule has 1 aromatic heterocycles. The van der Waals surface area contributed by atoms with Crippen LogP contribution < -0.4 is 5.32 Å². The van der Waals surface area contributed by atoms with Crippen LogP contribution in [0.1, 0.15) is 5.56 Å². The van der Waals surface area contributed by atoms with E-state index in [0.717, 1.165) is 16.6 Å². The molecule has 0 unspecified atom stereocenters. The first-order valence-corrected chi connectivity index (χ1v) is 7.25. The van der Waals surface area contributed by atoms with Crippen LogP contribution in [0.25, 0.3) is 17.1 Å². The average molecular weight is 325 g/mol. The molecule has 2 aromatic carbocycles. The van der Waals surface area contributed by atoms with Crippen LogP contribution in [0.2, 0.25) is 0 Å². The van der Waals surface area contributed by atoms with Crippen molar-refractivity contribution in [3.63, 3.8) is 0 Å². The third kappa shape index (κ3) is 3.49. The molecule has 0 aliphatic carbocycles. The molecule has 6 heteroatoms. The second kappa shape index (κ2) is 6.50. The minimum absolute atomic E-state index is 0.243. The van der Waals surface area contributed by atoms with Gasteiger partial charge in [-0.25, -0.2) is 9.37 Å². The molecule has 4 nitrogen and oxygen atoms in total. The van der Waals surface area contributed by atoms with Crippen molar-refractivity contribution in [2.75, 3.05) is 0 Å². The Morgan fingerprint density at radius 2 is 1.91 bits per heavy atom. The van der Waals surface area contributed by atoms with E-state index in [1.54, 1.807) is 29.1 Å². The number of benzene rings is 2. The Labute approximate surface area is 137 Å². The van der Waals surface area contributed by atoms with E-state index in [1.165, 1.54) is 18.2 Å². The second-order valence-corrected chi connectivity index (χ2v) is 5.17. The van der Waals surface area contributed by atoms with E-state index in [0.29, 0.717) is 0 Å². The van der Waals surface area contributed by atoms with Gasteiger partial charge in [0, 0.05) is 6.08 Å². The zero-order chi connectivity index (χ0) is 16.2. The van der Waals surface area contributed by atoms with Gasteiger partial charge in [-0.05, 0) is 48.1 Å². The molecule has 23 heavy (non-hydrogen) atoms. The van der Waals surface area contributed by atoms with Crippen LogP contribution >= 0.6 is 12.2 Å². The van der Waals surface area contributed by atoms with E-state index in [1.807, 2.05) is 24.3 Å². The standard InChI is InChI=1S/C17H12FN3OS/c18-13-8-5-12(6-9-13)7-10-16(22)20-17(23)21-11-19-14-3-1-2-4-15(14)21/h1-11H,(H,20,22,23)/b10-7+. The quantitative estimate of drug-likeness (QED) is 0.582. The summed E-state index contributed by atoms with van der Waals surface area (Å²) in [5.41, 5.74) is 2.34. The van der Waals surface area contributed by atoms with E-state index in [4.69, 9.17) is 12.2 Å². The third-order valence-corrected chi connectivity index (χ3v) is 3.50. The van der Waals surface area contributed by atoms with E-state index >= 15 is 0 Å². The van der Waals surface area contributed by atoms with Crippen molar-refractivity contribution in [2.24, 2.45) is 0 Å². The fourth-order valence-corrected chi connectivity index (χ4v) is 2.32. The maximum atomic E-state index is 12.8. The van der Waals surface area contributed by atoms with E-state index in [2.05, 4.69) is 10.3 Å². The maximum Gasteiger partial charge on any atom is 0.250 e. The highest BCUT2D eigenvalue weighted by Crippen LogP contribution is 2.11. The first kappa shape index (κ1) is 15.1. The van der Waals surface area contributed by atoms with Gasteiger partial charge in [-0.3, -0.25) is 14.7 Å². The maximum absolute atomic E-state index is 12.8. The van der Waals surface area contributed by atoms with Gasteiger partial charge < -0.3 is 0 Å². The lowest BCUT2D eigenvalue weighted by molar-refractivity contribution is -0.115. The third-order valence-electron chi connectivity index (χ3n) is 3.20. The number of hydrogen-bond acceptors (Lipinski definition) is 3. The van der Waals surface area contributed by atoms with Crippen molar-refractivity contribution in [3.8, 4) is 0 Å². The molecule has 0 saturated heterocycles. The summed E-state index contributed by atoms with van der Waals surface area (Å²) >= 11 is 5.23. The minimum Gasteiger partial charge on any atom is -0.299 e. The van der Waals surface area contributed by atoms with Crippen LogP contribution in [-0.2, 0) is 4.79 Å². The highest BCUT2D eigenvalue weighted by molar-refractivity contribution is 7.80. The number of halogens is 1. The summed E-state index contributed by atoms with van der Waals surface area (Å²) < 4.78 is 14.4. The summed E-state index contributed by atoms with van der Waals surface area (Å²) in [4.78, 5) is 16.2. The molecule has 0 atom stereocenters. The van der Waals surface area contributed by atoms with Crippen molar-refractivity contribution >= 4 is 40.3 Å². The Kier molecular flexibility index (Phi) is 4.25. The molecule has 1 amide bonds. The number of fused-ring (bicyclic) bond motifs is 1. The van der Waals surface area contributed by atoms with Crippen LogP contribution in [0.15, 0.2) is 60.9 Å². The lowest BCUT2D eigenvalue weighted by Crippen LogP contribution is -2.32. The largest absolute Gasteiger partial charge is 0.299 e. The SMILES string of the molecule is O=C(/C=C/c1ccc(F)cc1)NC(=S)n1cnc2ccccc21. The van der Waals surface area contributed by atoms with Gasteiger partial charge in [0.1, 0.15) is 12.1 Å². The molecular weight excluding hydrogens is 313 g/mol. The molecule has 0 spiro atoms. The summed E-state index contributed by atoms with van der Waals surface area (Å²) in [7, 11) is 0. The summed E-state index contributed by atoms with van der Waals surface area (Å²) in [6.45, 7) is 0. The number of thiocarbonyl (C=S) groups is 1. The number of hydrogen-bond donors (Lipinski definition) is 1.